The molecule has 2 unspecified atom stereocenters. The summed E-state index contributed by atoms with van der Waals surface area (Å²) in [7, 11) is -3.33. The summed E-state index contributed by atoms with van der Waals surface area (Å²) in [6.07, 6.45) is 0.803. The first kappa shape index (κ1) is 26.1. The third-order valence-corrected chi connectivity index (χ3v) is 6.49. The maximum Gasteiger partial charge on any atom is 0.216 e. The molecule has 29 heavy (non-hydrogen) atoms. The van der Waals surface area contributed by atoms with E-state index in [2.05, 4.69) is 34.7 Å². The second-order valence-corrected chi connectivity index (χ2v) is 9.22. The number of aryl methyl sites for hydroxylation is 1. The molecule has 0 aromatic heterocycles. The van der Waals surface area contributed by atoms with Gasteiger partial charge in [0.15, 0.2) is 5.96 Å². The Hall–Kier alpha value is -0.910. The second kappa shape index (κ2) is 12.7. The van der Waals surface area contributed by atoms with Crippen molar-refractivity contribution in [3.63, 3.8) is 0 Å². The number of nitrogens with one attached hydrogen (secondary N) is 2. The highest BCUT2D eigenvalue weighted by atomic mass is 127. The van der Waals surface area contributed by atoms with Gasteiger partial charge in [-0.1, -0.05) is 31.2 Å². The van der Waals surface area contributed by atoms with Gasteiger partial charge in [0.1, 0.15) is 0 Å². The summed E-state index contributed by atoms with van der Waals surface area (Å²) in [6.45, 7) is 10.3. The van der Waals surface area contributed by atoms with E-state index in [1.807, 2.05) is 32.9 Å². The number of ether oxygens (including phenoxy) is 1. The molecule has 0 amide bonds. The maximum absolute atomic E-state index is 12.6. The van der Waals surface area contributed by atoms with Crippen LogP contribution in [0.5, 0.6) is 0 Å². The van der Waals surface area contributed by atoms with Crippen molar-refractivity contribution in [2.75, 3.05) is 31.9 Å². The maximum atomic E-state index is 12.6. The van der Waals surface area contributed by atoms with Gasteiger partial charge in [-0.25, -0.2) is 13.4 Å². The van der Waals surface area contributed by atoms with Gasteiger partial charge in [0.2, 0.25) is 10.0 Å². The number of guanidine groups is 1. The molecule has 0 spiro atoms. The van der Waals surface area contributed by atoms with Crippen molar-refractivity contribution in [3.8, 4) is 0 Å². The zero-order chi connectivity index (χ0) is 20.6. The summed E-state index contributed by atoms with van der Waals surface area (Å²) in [4.78, 5) is 4.61. The van der Waals surface area contributed by atoms with Gasteiger partial charge < -0.3 is 15.4 Å². The lowest BCUT2D eigenvalue weighted by Gasteiger charge is -2.34. The van der Waals surface area contributed by atoms with E-state index in [9.17, 15) is 8.42 Å². The van der Waals surface area contributed by atoms with Gasteiger partial charge in [-0.05, 0) is 38.3 Å². The molecule has 0 radical (unpaired) electrons. The van der Waals surface area contributed by atoms with Gasteiger partial charge in [0.25, 0.3) is 0 Å². The molecule has 0 saturated carbocycles. The van der Waals surface area contributed by atoms with Crippen molar-refractivity contribution in [3.05, 3.63) is 35.4 Å². The zero-order valence-electron chi connectivity index (χ0n) is 17.8. The summed E-state index contributed by atoms with van der Waals surface area (Å²) >= 11 is 0. The summed E-state index contributed by atoms with van der Waals surface area (Å²) in [5.74, 6) is 0.662. The molecule has 9 heteroatoms. The van der Waals surface area contributed by atoms with Crippen molar-refractivity contribution in [2.45, 2.75) is 52.9 Å². The summed E-state index contributed by atoms with van der Waals surface area (Å²) in [5.41, 5.74) is 2.46. The zero-order valence-corrected chi connectivity index (χ0v) is 21.0. The Morgan fingerprint density at radius 1 is 1.14 bits per heavy atom. The van der Waals surface area contributed by atoms with Gasteiger partial charge in [0.05, 0.1) is 24.5 Å². The van der Waals surface area contributed by atoms with E-state index in [4.69, 9.17) is 4.74 Å². The molecule has 166 valence electrons. The third kappa shape index (κ3) is 8.39. The van der Waals surface area contributed by atoms with Crippen LogP contribution in [0.2, 0.25) is 0 Å². The van der Waals surface area contributed by atoms with Crippen LogP contribution in [0, 0.1) is 0 Å². The third-order valence-electron chi connectivity index (χ3n) is 4.68. The molecule has 0 bridgehead atoms. The molecule has 1 heterocycles. The van der Waals surface area contributed by atoms with E-state index in [1.165, 1.54) is 15.4 Å². The minimum absolute atomic E-state index is 0. The quantitative estimate of drug-likeness (QED) is 0.302. The van der Waals surface area contributed by atoms with Gasteiger partial charge >= 0.3 is 0 Å². The van der Waals surface area contributed by atoms with Crippen molar-refractivity contribution in [1.29, 1.82) is 0 Å². The van der Waals surface area contributed by atoms with E-state index >= 15 is 0 Å². The molecule has 1 aliphatic heterocycles. The van der Waals surface area contributed by atoms with Crippen LogP contribution in [-0.2, 0) is 27.7 Å². The Morgan fingerprint density at radius 3 is 2.34 bits per heavy atom. The van der Waals surface area contributed by atoms with Crippen LogP contribution in [0.25, 0.3) is 0 Å². The molecule has 2 N–H and O–H groups in total. The van der Waals surface area contributed by atoms with E-state index in [0.29, 0.717) is 38.7 Å². The molecular formula is C20H35IN4O3S. The highest BCUT2D eigenvalue weighted by Gasteiger charge is 2.30. The van der Waals surface area contributed by atoms with Crippen LogP contribution < -0.4 is 10.6 Å². The van der Waals surface area contributed by atoms with Crippen LogP contribution in [-0.4, -0.2) is 62.8 Å². The monoisotopic (exact) mass is 538 g/mol. The second-order valence-electron chi connectivity index (χ2n) is 7.13. The molecule has 2 rings (SSSR count). The summed E-state index contributed by atoms with van der Waals surface area (Å²) < 4.78 is 32.5. The first-order valence-electron chi connectivity index (χ1n) is 10.1. The van der Waals surface area contributed by atoms with Crippen LogP contribution in [0.15, 0.2) is 29.3 Å². The first-order chi connectivity index (χ1) is 13.4. The Kier molecular flexibility index (Phi) is 11.4. The lowest BCUT2D eigenvalue weighted by molar-refractivity contribution is -0.0440. The fourth-order valence-electron chi connectivity index (χ4n) is 3.35. The number of hydrogen-bond donors (Lipinski definition) is 2. The number of nitrogens with zero attached hydrogens (tertiary/aromatic N) is 2. The lowest BCUT2D eigenvalue weighted by Crippen LogP contribution is -2.50. The van der Waals surface area contributed by atoms with Crippen molar-refractivity contribution in [2.24, 2.45) is 4.99 Å². The summed E-state index contributed by atoms with van der Waals surface area (Å²) in [5, 5.41) is 6.33. The number of morpholine rings is 1. The SMILES string of the molecule is CCNC(=NCc1ccccc1CC)NCCS(=O)(=O)N1CC(C)OC(C)C1.I. The normalized spacial score (nSPS) is 20.8. The Balaban J connectivity index is 0.00000420. The fourth-order valence-corrected chi connectivity index (χ4v) is 4.84. The van der Waals surface area contributed by atoms with Crippen LogP contribution >= 0.6 is 24.0 Å². The van der Waals surface area contributed by atoms with E-state index < -0.39 is 10.0 Å². The highest BCUT2D eigenvalue weighted by Crippen LogP contribution is 2.14. The molecule has 1 aromatic carbocycles. The van der Waals surface area contributed by atoms with E-state index in [-0.39, 0.29) is 41.9 Å². The molecule has 2 atom stereocenters. The molecular weight excluding hydrogens is 503 g/mol. The van der Waals surface area contributed by atoms with Crippen molar-refractivity contribution in [1.82, 2.24) is 14.9 Å². The highest BCUT2D eigenvalue weighted by molar-refractivity contribution is 14.0. The Labute approximate surface area is 192 Å². The van der Waals surface area contributed by atoms with Crippen LogP contribution in [0.4, 0.5) is 0 Å². The lowest BCUT2D eigenvalue weighted by atomic mass is 10.1. The van der Waals surface area contributed by atoms with E-state index in [0.717, 1.165) is 6.42 Å². The first-order valence-corrected chi connectivity index (χ1v) is 11.7. The Morgan fingerprint density at radius 2 is 1.76 bits per heavy atom. The molecule has 7 nitrogen and oxygen atoms in total. The smallest absolute Gasteiger partial charge is 0.216 e. The average Bonchev–Trinajstić information content (AvgIpc) is 2.65. The van der Waals surface area contributed by atoms with Gasteiger partial charge in [-0.2, -0.15) is 4.31 Å². The van der Waals surface area contributed by atoms with E-state index in [1.54, 1.807) is 0 Å². The number of halogens is 1. The van der Waals surface area contributed by atoms with Crippen LogP contribution in [0.1, 0.15) is 38.8 Å². The molecule has 1 saturated heterocycles. The number of hydrogen-bond acceptors (Lipinski definition) is 4. The minimum Gasteiger partial charge on any atom is -0.373 e. The molecule has 0 aliphatic carbocycles. The predicted octanol–water partition coefficient (Wildman–Crippen LogP) is 2.36. The fraction of sp³-hybridized carbons (Fsp3) is 0.650. The van der Waals surface area contributed by atoms with Crippen molar-refractivity contribution < 1.29 is 13.2 Å². The van der Waals surface area contributed by atoms with Crippen molar-refractivity contribution >= 4 is 40.0 Å². The Bertz CT molecular complexity index is 748. The topological polar surface area (TPSA) is 83.0 Å². The molecule has 1 aromatic rings. The van der Waals surface area contributed by atoms with Crippen LogP contribution in [0.3, 0.4) is 0 Å². The standard InChI is InChI=1S/C20H34N4O3S.HI/c1-5-18-9-7-8-10-19(18)13-23-20(21-6-2)22-11-12-28(25,26)24-14-16(3)27-17(4)15-24;/h7-10,16-17H,5-6,11-15H2,1-4H3,(H2,21,22,23);1H. The number of sulfonamides is 1. The van der Waals surface area contributed by atoms with Gasteiger partial charge in [-0.15, -0.1) is 24.0 Å². The molecule has 1 aliphatic rings. The number of aliphatic imine (C=N–C) groups is 1. The average molecular weight is 538 g/mol. The van der Waals surface area contributed by atoms with Gasteiger partial charge in [0, 0.05) is 26.2 Å². The predicted molar refractivity (Wildman–Crippen MR) is 129 cm³/mol. The summed E-state index contributed by atoms with van der Waals surface area (Å²) in [6, 6.07) is 8.24. The number of benzene rings is 1. The molecule has 1 fully saturated rings. The largest absolute Gasteiger partial charge is 0.373 e. The van der Waals surface area contributed by atoms with Gasteiger partial charge in [-0.3, -0.25) is 0 Å². The number of rotatable bonds is 8. The minimum atomic E-state index is -3.33.